The molecule has 70 valence electrons. The van der Waals surface area contributed by atoms with E-state index in [1.54, 1.807) is 0 Å². The summed E-state index contributed by atoms with van der Waals surface area (Å²) >= 11 is 2.18. The van der Waals surface area contributed by atoms with Crippen LogP contribution in [0.1, 0.15) is 38.5 Å². The maximum atomic E-state index is 3.67. The molecule has 0 aromatic heterocycles. The molecule has 2 fully saturated rings. The van der Waals surface area contributed by atoms with Crippen LogP contribution in [-0.2, 0) is 0 Å². The summed E-state index contributed by atoms with van der Waals surface area (Å²) in [6.07, 6.45) is 8.67. The lowest BCUT2D eigenvalue weighted by Crippen LogP contribution is -2.39. The Balaban J connectivity index is 1.58. The van der Waals surface area contributed by atoms with Crippen molar-refractivity contribution in [1.82, 2.24) is 5.32 Å². The third-order valence-corrected chi connectivity index (χ3v) is 4.41. The van der Waals surface area contributed by atoms with Gasteiger partial charge in [-0.3, -0.25) is 0 Å². The Morgan fingerprint density at radius 3 is 2.58 bits per heavy atom. The van der Waals surface area contributed by atoms with E-state index in [2.05, 4.69) is 17.1 Å². The Bertz CT molecular complexity index is 128. The second-order valence-electron chi connectivity index (χ2n) is 4.02. The van der Waals surface area contributed by atoms with Crippen molar-refractivity contribution in [2.45, 2.75) is 49.8 Å². The Labute approximate surface area is 79.7 Å². The summed E-state index contributed by atoms with van der Waals surface area (Å²) in [4.78, 5) is 0. The number of nitrogens with one attached hydrogen (secondary N) is 1. The number of thioether (sulfide) groups is 1. The zero-order valence-electron chi connectivity index (χ0n) is 7.72. The van der Waals surface area contributed by atoms with E-state index in [9.17, 15) is 0 Å². The van der Waals surface area contributed by atoms with Gasteiger partial charge in [-0.2, -0.15) is 11.8 Å². The lowest BCUT2D eigenvalue weighted by molar-refractivity contribution is 0.338. The molecule has 12 heavy (non-hydrogen) atoms. The third-order valence-electron chi connectivity index (χ3n) is 3.01. The van der Waals surface area contributed by atoms with Crippen molar-refractivity contribution in [2.24, 2.45) is 0 Å². The zero-order chi connectivity index (χ0) is 8.23. The van der Waals surface area contributed by atoms with Crippen molar-refractivity contribution < 1.29 is 0 Å². The highest BCUT2D eigenvalue weighted by molar-refractivity contribution is 7.99. The number of hydrogen-bond acceptors (Lipinski definition) is 2. The van der Waals surface area contributed by atoms with Crippen LogP contribution in [0.2, 0.25) is 0 Å². The first-order valence-corrected chi connectivity index (χ1v) is 6.35. The third kappa shape index (κ3) is 2.40. The highest BCUT2D eigenvalue weighted by atomic mass is 32.2. The van der Waals surface area contributed by atoms with Gasteiger partial charge >= 0.3 is 0 Å². The van der Waals surface area contributed by atoms with Crippen LogP contribution in [0, 0.1) is 0 Å². The zero-order valence-corrected chi connectivity index (χ0v) is 8.54. The first kappa shape index (κ1) is 8.89. The van der Waals surface area contributed by atoms with Gasteiger partial charge in [0, 0.05) is 17.8 Å². The van der Waals surface area contributed by atoms with Crippen molar-refractivity contribution in [1.29, 1.82) is 0 Å². The summed E-state index contributed by atoms with van der Waals surface area (Å²) in [5.41, 5.74) is 0. The van der Waals surface area contributed by atoms with Crippen LogP contribution in [0.25, 0.3) is 0 Å². The van der Waals surface area contributed by atoms with E-state index in [0.29, 0.717) is 0 Å². The minimum Gasteiger partial charge on any atom is -0.313 e. The Kier molecular flexibility index (Phi) is 3.35. The Hall–Kier alpha value is 0.310. The van der Waals surface area contributed by atoms with Crippen LogP contribution in [0.4, 0.5) is 0 Å². The van der Waals surface area contributed by atoms with Gasteiger partial charge in [0.2, 0.25) is 0 Å². The van der Waals surface area contributed by atoms with Crippen molar-refractivity contribution in [3.05, 3.63) is 0 Å². The van der Waals surface area contributed by atoms with Crippen LogP contribution in [0.15, 0.2) is 0 Å². The van der Waals surface area contributed by atoms with Gasteiger partial charge in [-0.1, -0.05) is 12.8 Å². The smallest absolute Gasteiger partial charge is 0.0172 e. The molecular formula is C10H19NS. The van der Waals surface area contributed by atoms with E-state index >= 15 is 0 Å². The fourth-order valence-corrected chi connectivity index (χ4v) is 3.13. The molecular weight excluding hydrogens is 166 g/mol. The number of hydrogen-bond donors (Lipinski definition) is 1. The minimum atomic E-state index is 0.882. The second kappa shape index (κ2) is 4.52. The number of rotatable bonds is 3. The van der Waals surface area contributed by atoms with E-state index in [0.717, 1.165) is 11.3 Å². The summed E-state index contributed by atoms with van der Waals surface area (Å²) in [6.45, 7) is 1.27. The van der Waals surface area contributed by atoms with Crippen LogP contribution in [-0.4, -0.2) is 23.6 Å². The van der Waals surface area contributed by atoms with Crippen LogP contribution in [0.5, 0.6) is 0 Å². The van der Waals surface area contributed by atoms with Crippen molar-refractivity contribution >= 4 is 11.8 Å². The fourth-order valence-electron chi connectivity index (χ4n) is 1.88. The van der Waals surface area contributed by atoms with E-state index in [1.165, 1.54) is 50.8 Å². The van der Waals surface area contributed by atoms with Gasteiger partial charge in [-0.25, -0.2) is 0 Å². The summed E-state index contributed by atoms with van der Waals surface area (Å²) in [5, 5.41) is 4.60. The van der Waals surface area contributed by atoms with Crippen LogP contribution in [0.3, 0.4) is 0 Å². The normalized spacial score (nSPS) is 31.5. The molecule has 0 aromatic carbocycles. The summed E-state index contributed by atoms with van der Waals surface area (Å²) in [6, 6.07) is 0.882. The molecule has 1 atom stereocenters. The maximum absolute atomic E-state index is 3.67. The molecule has 2 rings (SSSR count). The van der Waals surface area contributed by atoms with E-state index in [1.807, 2.05) is 0 Å². The Morgan fingerprint density at radius 2 is 2.00 bits per heavy atom. The van der Waals surface area contributed by atoms with Gasteiger partial charge in [0.25, 0.3) is 0 Å². The first-order chi connectivity index (χ1) is 5.95. The molecule has 0 bridgehead atoms. The average Bonchev–Trinajstić information content (AvgIpc) is 2.04. The van der Waals surface area contributed by atoms with E-state index < -0.39 is 0 Å². The topological polar surface area (TPSA) is 12.0 Å². The lowest BCUT2D eigenvalue weighted by Gasteiger charge is -2.30. The van der Waals surface area contributed by atoms with E-state index in [4.69, 9.17) is 0 Å². The lowest BCUT2D eigenvalue weighted by atomic mass is 9.93. The molecule has 2 aliphatic rings. The average molecular weight is 185 g/mol. The van der Waals surface area contributed by atoms with Gasteiger partial charge < -0.3 is 5.32 Å². The van der Waals surface area contributed by atoms with Gasteiger partial charge in [0.1, 0.15) is 0 Å². The van der Waals surface area contributed by atoms with E-state index in [-0.39, 0.29) is 0 Å². The molecule has 0 amide bonds. The van der Waals surface area contributed by atoms with Crippen LogP contribution < -0.4 is 5.32 Å². The predicted molar refractivity (Wildman–Crippen MR) is 55.7 cm³/mol. The molecule has 1 N–H and O–H groups in total. The summed E-state index contributed by atoms with van der Waals surface area (Å²) < 4.78 is 0. The molecule has 1 saturated carbocycles. The largest absolute Gasteiger partial charge is 0.313 e. The van der Waals surface area contributed by atoms with Crippen LogP contribution >= 0.6 is 11.8 Å². The molecule has 1 unspecified atom stereocenters. The fraction of sp³-hybridized carbons (Fsp3) is 1.00. The predicted octanol–water partition coefficient (Wildman–Crippen LogP) is 2.41. The van der Waals surface area contributed by atoms with Crippen molar-refractivity contribution in [3.8, 4) is 0 Å². The standard InChI is InChI=1S/C10H19NS/c1-2-7-12-10(6-1)8-11-9-4-3-5-9/h9-11H,1-8H2. The highest BCUT2D eigenvalue weighted by Crippen LogP contribution is 2.25. The first-order valence-electron chi connectivity index (χ1n) is 5.30. The molecule has 0 radical (unpaired) electrons. The molecule has 1 aliphatic carbocycles. The molecule has 0 spiro atoms. The molecule has 1 heterocycles. The maximum Gasteiger partial charge on any atom is 0.0172 e. The second-order valence-corrected chi connectivity index (χ2v) is 5.43. The van der Waals surface area contributed by atoms with Gasteiger partial charge in [-0.15, -0.1) is 0 Å². The summed E-state index contributed by atoms with van der Waals surface area (Å²) in [7, 11) is 0. The summed E-state index contributed by atoms with van der Waals surface area (Å²) in [5.74, 6) is 1.40. The molecule has 1 saturated heterocycles. The monoisotopic (exact) mass is 185 g/mol. The molecule has 1 aliphatic heterocycles. The minimum absolute atomic E-state index is 0.882. The SMILES string of the molecule is C1CCC(CNC2CCC2)SC1. The highest BCUT2D eigenvalue weighted by Gasteiger charge is 2.19. The quantitative estimate of drug-likeness (QED) is 0.724. The molecule has 0 aromatic rings. The van der Waals surface area contributed by atoms with Crippen molar-refractivity contribution in [2.75, 3.05) is 12.3 Å². The van der Waals surface area contributed by atoms with Gasteiger partial charge in [-0.05, 0) is 31.4 Å². The van der Waals surface area contributed by atoms with Gasteiger partial charge in [0.05, 0.1) is 0 Å². The molecule has 2 heteroatoms. The van der Waals surface area contributed by atoms with Gasteiger partial charge in [0.15, 0.2) is 0 Å². The molecule has 1 nitrogen and oxygen atoms in total. The Morgan fingerprint density at radius 1 is 1.08 bits per heavy atom. The van der Waals surface area contributed by atoms with Crippen molar-refractivity contribution in [3.63, 3.8) is 0 Å².